The minimum absolute atomic E-state index is 0.0900. The van der Waals surface area contributed by atoms with E-state index in [2.05, 4.69) is 5.32 Å². The number of carboxylic acids is 1. The summed E-state index contributed by atoms with van der Waals surface area (Å²) in [6.45, 7) is 1.46. The van der Waals surface area contributed by atoms with Crippen molar-refractivity contribution in [3.8, 4) is 5.75 Å². The van der Waals surface area contributed by atoms with Crippen molar-refractivity contribution in [3.63, 3.8) is 0 Å². The summed E-state index contributed by atoms with van der Waals surface area (Å²) in [4.78, 5) is 21.7. The lowest BCUT2D eigenvalue weighted by molar-refractivity contribution is -0.139. The second-order valence-electron chi connectivity index (χ2n) is 3.63. The Balaban J connectivity index is 2.67. The normalized spacial score (nSPS) is 9.89. The molecule has 18 heavy (non-hydrogen) atoms. The van der Waals surface area contributed by atoms with Crippen LogP contribution in [0.4, 0.5) is 5.69 Å². The first-order chi connectivity index (χ1) is 8.52. The number of ether oxygens (including phenoxy) is 1. The highest BCUT2D eigenvalue weighted by atomic mass is 35.5. The fourth-order valence-electron chi connectivity index (χ4n) is 1.29. The van der Waals surface area contributed by atoms with Crippen LogP contribution in [0.25, 0.3) is 0 Å². The topological polar surface area (TPSA) is 75.6 Å². The number of halogens is 1. The maximum atomic E-state index is 11.4. The molecule has 6 heteroatoms. The van der Waals surface area contributed by atoms with Gasteiger partial charge in [-0.2, -0.15) is 0 Å². The Labute approximate surface area is 110 Å². The first-order valence-electron chi connectivity index (χ1n) is 5.47. The fraction of sp³-hybridized carbons (Fsp3) is 0.333. The predicted molar refractivity (Wildman–Crippen MR) is 68.1 cm³/mol. The largest absolute Gasteiger partial charge is 0.480 e. The molecule has 1 amide bonds. The summed E-state index contributed by atoms with van der Waals surface area (Å²) >= 11 is 5.90. The van der Waals surface area contributed by atoms with Gasteiger partial charge in [-0.15, -0.1) is 0 Å². The van der Waals surface area contributed by atoms with Crippen LogP contribution in [0, 0.1) is 0 Å². The minimum Gasteiger partial charge on any atom is -0.480 e. The molecule has 5 nitrogen and oxygen atoms in total. The van der Waals surface area contributed by atoms with E-state index in [-0.39, 0.29) is 16.7 Å². The Hall–Kier alpha value is -1.75. The lowest BCUT2D eigenvalue weighted by Gasteiger charge is -2.08. The van der Waals surface area contributed by atoms with Gasteiger partial charge in [-0.05, 0) is 24.6 Å². The molecule has 0 saturated carbocycles. The number of hydrogen-bond acceptors (Lipinski definition) is 3. The molecule has 98 valence electrons. The maximum Gasteiger partial charge on any atom is 0.341 e. The van der Waals surface area contributed by atoms with Gasteiger partial charge in [-0.25, -0.2) is 4.79 Å². The van der Waals surface area contributed by atoms with E-state index in [1.165, 1.54) is 12.1 Å². The number of aliphatic carboxylic acids is 1. The number of benzene rings is 1. The van der Waals surface area contributed by atoms with Gasteiger partial charge >= 0.3 is 5.97 Å². The van der Waals surface area contributed by atoms with Gasteiger partial charge < -0.3 is 15.2 Å². The second-order valence-corrected chi connectivity index (χ2v) is 4.03. The number of carbonyl (C=O) groups is 2. The third-order valence-electron chi connectivity index (χ3n) is 2.04. The zero-order valence-electron chi connectivity index (χ0n) is 9.90. The van der Waals surface area contributed by atoms with Crippen LogP contribution >= 0.6 is 11.6 Å². The summed E-state index contributed by atoms with van der Waals surface area (Å²) < 4.78 is 4.96. The highest BCUT2D eigenvalue weighted by Crippen LogP contribution is 2.27. The monoisotopic (exact) mass is 271 g/mol. The van der Waals surface area contributed by atoms with Crippen molar-refractivity contribution < 1.29 is 19.4 Å². The lowest BCUT2D eigenvalue weighted by atomic mass is 10.2. The Kier molecular flexibility index (Phi) is 5.45. The van der Waals surface area contributed by atoms with Crippen molar-refractivity contribution in [1.82, 2.24) is 0 Å². The Morgan fingerprint density at radius 3 is 2.72 bits per heavy atom. The molecule has 0 aliphatic rings. The average Bonchev–Trinajstić information content (AvgIpc) is 2.28. The molecule has 1 aromatic carbocycles. The van der Waals surface area contributed by atoms with Crippen molar-refractivity contribution in [3.05, 3.63) is 23.2 Å². The molecule has 1 aromatic rings. The molecular formula is C12H14ClNO4. The van der Waals surface area contributed by atoms with Gasteiger partial charge in [0.1, 0.15) is 5.75 Å². The Morgan fingerprint density at radius 1 is 1.44 bits per heavy atom. The summed E-state index contributed by atoms with van der Waals surface area (Å²) in [5.74, 6) is -0.897. The molecule has 0 unspecified atom stereocenters. The third kappa shape index (κ3) is 4.63. The van der Waals surface area contributed by atoms with Crippen molar-refractivity contribution >= 4 is 29.2 Å². The van der Waals surface area contributed by atoms with Crippen molar-refractivity contribution in [2.75, 3.05) is 11.9 Å². The van der Waals surface area contributed by atoms with Gasteiger partial charge in [-0.3, -0.25) is 4.79 Å². The molecule has 0 heterocycles. The van der Waals surface area contributed by atoms with Gasteiger partial charge in [0.25, 0.3) is 0 Å². The summed E-state index contributed by atoms with van der Waals surface area (Å²) in [6, 6.07) is 4.65. The first kappa shape index (κ1) is 14.3. The van der Waals surface area contributed by atoms with Crippen LogP contribution in [0.5, 0.6) is 5.75 Å². The summed E-state index contributed by atoms with van der Waals surface area (Å²) in [6.07, 6.45) is 1.20. The van der Waals surface area contributed by atoms with Gasteiger partial charge in [0.2, 0.25) is 5.91 Å². The van der Waals surface area contributed by atoms with Crippen LogP contribution in [-0.4, -0.2) is 23.6 Å². The zero-order valence-corrected chi connectivity index (χ0v) is 10.7. The quantitative estimate of drug-likeness (QED) is 0.834. The predicted octanol–water partition coefficient (Wildman–Crippen LogP) is 2.54. The lowest BCUT2D eigenvalue weighted by Crippen LogP contribution is -2.11. The summed E-state index contributed by atoms with van der Waals surface area (Å²) in [7, 11) is 0. The van der Waals surface area contributed by atoms with Gasteiger partial charge in [-0.1, -0.05) is 18.5 Å². The number of hydrogen-bond donors (Lipinski definition) is 2. The Morgan fingerprint density at radius 2 is 2.17 bits per heavy atom. The number of amides is 1. The van der Waals surface area contributed by atoms with Crippen LogP contribution in [0.3, 0.4) is 0 Å². The van der Waals surface area contributed by atoms with E-state index < -0.39 is 12.6 Å². The van der Waals surface area contributed by atoms with E-state index in [4.69, 9.17) is 21.4 Å². The van der Waals surface area contributed by atoms with E-state index in [9.17, 15) is 9.59 Å². The van der Waals surface area contributed by atoms with E-state index >= 15 is 0 Å². The molecule has 2 N–H and O–H groups in total. The van der Waals surface area contributed by atoms with Crippen molar-refractivity contribution in [2.24, 2.45) is 0 Å². The molecular weight excluding hydrogens is 258 g/mol. The number of carboxylic acid groups (broad SMARTS) is 1. The molecule has 0 spiro atoms. The first-order valence-corrected chi connectivity index (χ1v) is 5.84. The number of nitrogens with one attached hydrogen (secondary N) is 1. The van der Waals surface area contributed by atoms with E-state index in [0.717, 1.165) is 6.42 Å². The molecule has 0 aliphatic heterocycles. The SMILES string of the molecule is CCCC(=O)Nc1ccc(OCC(=O)O)c(Cl)c1. The molecule has 0 radical (unpaired) electrons. The highest BCUT2D eigenvalue weighted by Gasteiger charge is 2.07. The van der Waals surface area contributed by atoms with Crippen LogP contribution in [0.15, 0.2) is 18.2 Å². The van der Waals surface area contributed by atoms with Crippen molar-refractivity contribution in [2.45, 2.75) is 19.8 Å². The number of carbonyl (C=O) groups excluding carboxylic acids is 1. The standard InChI is InChI=1S/C12H14ClNO4/c1-2-3-11(15)14-8-4-5-10(9(13)6-8)18-7-12(16)17/h4-6H,2-3,7H2,1H3,(H,14,15)(H,16,17). The van der Waals surface area contributed by atoms with Gasteiger partial charge in [0, 0.05) is 12.1 Å². The molecule has 1 rings (SSSR count). The van der Waals surface area contributed by atoms with Crippen LogP contribution in [-0.2, 0) is 9.59 Å². The molecule has 0 bridgehead atoms. The smallest absolute Gasteiger partial charge is 0.341 e. The van der Waals surface area contributed by atoms with Crippen LogP contribution < -0.4 is 10.1 Å². The molecule has 0 aliphatic carbocycles. The average molecular weight is 272 g/mol. The Bertz CT molecular complexity index is 448. The molecule has 0 aromatic heterocycles. The minimum atomic E-state index is -1.08. The van der Waals surface area contributed by atoms with Gasteiger partial charge in [0.15, 0.2) is 6.61 Å². The van der Waals surface area contributed by atoms with Crippen LogP contribution in [0.1, 0.15) is 19.8 Å². The zero-order chi connectivity index (χ0) is 13.5. The van der Waals surface area contributed by atoms with Crippen LogP contribution in [0.2, 0.25) is 5.02 Å². The number of anilines is 1. The van der Waals surface area contributed by atoms with E-state index in [1.54, 1.807) is 6.07 Å². The van der Waals surface area contributed by atoms with Gasteiger partial charge in [0.05, 0.1) is 5.02 Å². The van der Waals surface area contributed by atoms with E-state index in [0.29, 0.717) is 12.1 Å². The molecule has 0 fully saturated rings. The summed E-state index contributed by atoms with van der Waals surface area (Å²) in [5, 5.41) is 11.4. The second kappa shape index (κ2) is 6.86. The van der Waals surface area contributed by atoms with Crippen molar-refractivity contribution in [1.29, 1.82) is 0 Å². The third-order valence-corrected chi connectivity index (χ3v) is 2.34. The fourth-order valence-corrected chi connectivity index (χ4v) is 1.52. The highest BCUT2D eigenvalue weighted by molar-refractivity contribution is 6.32. The molecule has 0 atom stereocenters. The van der Waals surface area contributed by atoms with E-state index in [1.807, 2.05) is 6.92 Å². The summed E-state index contributed by atoms with van der Waals surface area (Å²) in [5.41, 5.74) is 0.557. The number of rotatable bonds is 6. The maximum absolute atomic E-state index is 11.4. The molecule has 0 saturated heterocycles.